The van der Waals surface area contributed by atoms with E-state index in [1.807, 2.05) is 61.5 Å². The highest BCUT2D eigenvalue weighted by Crippen LogP contribution is 2.11. The topological polar surface area (TPSA) is 53.9 Å². The third-order valence-electron chi connectivity index (χ3n) is 3.22. The summed E-state index contributed by atoms with van der Waals surface area (Å²) in [4.78, 5) is 13.9. The van der Waals surface area contributed by atoms with Crippen molar-refractivity contribution in [2.45, 2.75) is 13.0 Å². The lowest BCUT2D eigenvalue weighted by atomic mass is 10.2. The van der Waals surface area contributed by atoms with Gasteiger partial charge in [-0.15, -0.1) is 0 Å². The van der Waals surface area contributed by atoms with Crippen LogP contribution in [0.4, 0.5) is 5.69 Å². The van der Waals surface area contributed by atoms with Gasteiger partial charge in [0.1, 0.15) is 5.75 Å². The van der Waals surface area contributed by atoms with E-state index in [2.05, 4.69) is 10.5 Å². The van der Waals surface area contributed by atoms with Crippen molar-refractivity contribution in [1.82, 2.24) is 5.43 Å². The summed E-state index contributed by atoms with van der Waals surface area (Å²) >= 11 is 0. The second kappa shape index (κ2) is 7.98. The van der Waals surface area contributed by atoms with Crippen LogP contribution in [0.3, 0.4) is 0 Å². The minimum Gasteiger partial charge on any atom is -0.481 e. The van der Waals surface area contributed by atoms with E-state index < -0.39 is 6.10 Å². The van der Waals surface area contributed by atoms with Crippen molar-refractivity contribution in [2.75, 3.05) is 19.0 Å². The highest BCUT2D eigenvalue weighted by molar-refractivity contribution is 5.84. The van der Waals surface area contributed by atoms with E-state index in [-0.39, 0.29) is 5.91 Å². The molecule has 2 aromatic carbocycles. The van der Waals surface area contributed by atoms with Gasteiger partial charge in [-0.2, -0.15) is 5.10 Å². The molecule has 1 amide bonds. The molecule has 0 spiro atoms. The van der Waals surface area contributed by atoms with Crippen LogP contribution in [0.2, 0.25) is 0 Å². The van der Waals surface area contributed by atoms with E-state index in [1.54, 1.807) is 25.3 Å². The minimum absolute atomic E-state index is 0.296. The largest absolute Gasteiger partial charge is 0.481 e. The van der Waals surface area contributed by atoms with Crippen molar-refractivity contribution in [3.05, 3.63) is 60.2 Å². The smallest absolute Gasteiger partial charge is 0.280 e. The summed E-state index contributed by atoms with van der Waals surface area (Å²) in [5.74, 6) is 0.355. The van der Waals surface area contributed by atoms with E-state index in [9.17, 15) is 4.79 Å². The molecule has 0 radical (unpaired) electrons. The van der Waals surface area contributed by atoms with Gasteiger partial charge in [-0.3, -0.25) is 4.79 Å². The highest BCUT2D eigenvalue weighted by atomic mass is 16.5. The van der Waals surface area contributed by atoms with Crippen LogP contribution >= 0.6 is 0 Å². The van der Waals surface area contributed by atoms with Crippen LogP contribution in [0.5, 0.6) is 5.75 Å². The van der Waals surface area contributed by atoms with Gasteiger partial charge >= 0.3 is 0 Å². The van der Waals surface area contributed by atoms with Crippen LogP contribution < -0.4 is 15.1 Å². The van der Waals surface area contributed by atoms with Crippen LogP contribution in [0, 0.1) is 0 Å². The number of nitrogens with zero attached hydrogens (tertiary/aromatic N) is 2. The Morgan fingerprint density at radius 3 is 2.39 bits per heavy atom. The van der Waals surface area contributed by atoms with Crippen molar-refractivity contribution in [1.29, 1.82) is 0 Å². The second-order valence-corrected chi connectivity index (χ2v) is 5.29. The molecular weight excluding hydrogens is 290 g/mol. The zero-order valence-electron chi connectivity index (χ0n) is 13.6. The molecule has 0 fully saturated rings. The third kappa shape index (κ3) is 5.14. The first-order valence-electron chi connectivity index (χ1n) is 7.38. The number of carbonyl (C=O) groups is 1. The molecule has 0 aliphatic rings. The van der Waals surface area contributed by atoms with Gasteiger partial charge in [0.15, 0.2) is 6.10 Å². The van der Waals surface area contributed by atoms with Crippen molar-refractivity contribution >= 4 is 17.8 Å². The Balaban J connectivity index is 1.85. The lowest BCUT2D eigenvalue weighted by molar-refractivity contribution is -0.127. The Kier molecular flexibility index (Phi) is 5.74. The van der Waals surface area contributed by atoms with Gasteiger partial charge in [-0.25, -0.2) is 5.43 Å². The van der Waals surface area contributed by atoms with E-state index in [0.29, 0.717) is 5.75 Å². The summed E-state index contributed by atoms with van der Waals surface area (Å²) in [6.45, 7) is 1.68. The molecule has 120 valence electrons. The molecule has 0 saturated heterocycles. The number of hydrazone groups is 1. The minimum atomic E-state index is -0.620. The SMILES string of the molecule is C[C@@H](Oc1ccccc1)C(=O)N/N=C\c1ccc(N(C)C)cc1. The summed E-state index contributed by atoms with van der Waals surface area (Å²) in [7, 11) is 3.97. The maximum absolute atomic E-state index is 11.9. The Labute approximate surface area is 136 Å². The van der Waals surface area contributed by atoms with Crippen LogP contribution in [0.25, 0.3) is 0 Å². The Morgan fingerprint density at radius 2 is 1.78 bits per heavy atom. The maximum atomic E-state index is 11.9. The quantitative estimate of drug-likeness (QED) is 0.659. The predicted octanol–water partition coefficient (Wildman–Crippen LogP) is 2.67. The van der Waals surface area contributed by atoms with E-state index in [0.717, 1.165) is 11.3 Å². The summed E-state index contributed by atoms with van der Waals surface area (Å²) in [6.07, 6.45) is 0.984. The van der Waals surface area contributed by atoms with Gasteiger partial charge in [0.25, 0.3) is 5.91 Å². The van der Waals surface area contributed by atoms with Crippen LogP contribution in [-0.2, 0) is 4.79 Å². The molecule has 5 nitrogen and oxygen atoms in total. The number of benzene rings is 2. The molecule has 0 aliphatic heterocycles. The van der Waals surface area contributed by atoms with Gasteiger partial charge in [0.05, 0.1) is 6.21 Å². The van der Waals surface area contributed by atoms with Gasteiger partial charge in [-0.05, 0) is 36.8 Å². The molecule has 0 aliphatic carbocycles. The Hall–Kier alpha value is -2.82. The lowest BCUT2D eigenvalue weighted by Crippen LogP contribution is -2.33. The lowest BCUT2D eigenvalue weighted by Gasteiger charge is -2.12. The molecule has 0 saturated carbocycles. The summed E-state index contributed by atoms with van der Waals surface area (Å²) in [5.41, 5.74) is 4.50. The van der Waals surface area contributed by atoms with E-state index in [1.165, 1.54) is 0 Å². The average molecular weight is 311 g/mol. The van der Waals surface area contributed by atoms with E-state index in [4.69, 9.17) is 4.74 Å². The number of para-hydroxylation sites is 1. The number of ether oxygens (including phenoxy) is 1. The fourth-order valence-electron chi connectivity index (χ4n) is 1.88. The fourth-order valence-corrected chi connectivity index (χ4v) is 1.88. The first-order chi connectivity index (χ1) is 11.1. The van der Waals surface area contributed by atoms with E-state index >= 15 is 0 Å². The average Bonchev–Trinajstić information content (AvgIpc) is 2.56. The molecule has 5 heteroatoms. The Bertz CT molecular complexity index is 652. The summed E-state index contributed by atoms with van der Waals surface area (Å²) in [6, 6.07) is 17.1. The Morgan fingerprint density at radius 1 is 1.13 bits per heavy atom. The third-order valence-corrected chi connectivity index (χ3v) is 3.22. The molecule has 0 aromatic heterocycles. The first-order valence-corrected chi connectivity index (χ1v) is 7.38. The van der Waals surface area contributed by atoms with Crippen molar-refractivity contribution < 1.29 is 9.53 Å². The second-order valence-electron chi connectivity index (χ2n) is 5.29. The molecule has 2 rings (SSSR count). The van der Waals surface area contributed by atoms with Crippen molar-refractivity contribution in [3.8, 4) is 5.75 Å². The molecule has 1 atom stereocenters. The van der Waals surface area contributed by atoms with Gasteiger partial charge < -0.3 is 9.64 Å². The number of hydrogen-bond acceptors (Lipinski definition) is 4. The molecule has 0 bridgehead atoms. The standard InChI is InChI=1S/C18H21N3O2/c1-14(23-17-7-5-4-6-8-17)18(22)20-19-13-15-9-11-16(12-10-15)21(2)3/h4-14H,1-3H3,(H,20,22)/b19-13-/t14-/m1/s1. The zero-order valence-corrected chi connectivity index (χ0v) is 13.6. The monoisotopic (exact) mass is 311 g/mol. The molecular formula is C18H21N3O2. The normalized spacial score (nSPS) is 12.0. The summed E-state index contributed by atoms with van der Waals surface area (Å²) in [5, 5.41) is 3.96. The molecule has 2 aromatic rings. The summed E-state index contributed by atoms with van der Waals surface area (Å²) < 4.78 is 5.53. The highest BCUT2D eigenvalue weighted by Gasteiger charge is 2.13. The van der Waals surface area contributed by atoms with Crippen LogP contribution in [0.15, 0.2) is 59.7 Å². The van der Waals surface area contributed by atoms with Crippen LogP contribution in [-0.4, -0.2) is 32.3 Å². The number of amides is 1. The predicted molar refractivity (Wildman–Crippen MR) is 93.0 cm³/mol. The molecule has 1 N–H and O–H groups in total. The molecule has 23 heavy (non-hydrogen) atoms. The number of anilines is 1. The number of hydrogen-bond donors (Lipinski definition) is 1. The number of nitrogens with one attached hydrogen (secondary N) is 1. The van der Waals surface area contributed by atoms with Crippen molar-refractivity contribution in [3.63, 3.8) is 0 Å². The fraction of sp³-hybridized carbons (Fsp3) is 0.222. The van der Waals surface area contributed by atoms with Gasteiger partial charge in [0, 0.05) is 19.8 Å². The van der Waals surface area contributed by atoms with Crippen molar-refractivity contribution in [2.24, 2.45) is 5.10 Å². The first kappa shape index (κ1) is 16.5. The number of carbonyl (C=O) groups excluding carboxylic acids is 1. The van der Waals surface area contributed by atoms with Gasteiger partial charge in [-0.1, -0.05) is 30.3 Å². The molecule has 0 unspecified atom stereocenters. The van der Waals surface area contributed by atoms with Gasteiger partial charge in [0.2, 0.25) is 0 Å². The van der Waals surface area contributed by atoms with Crippen LogP contribution in [0.1, 0.15) is 12.5 Å². The maximum Gasteiger partial charge on any atom is 0.280 e. The zero-order chi connectivity index (χ0) is 16.7. The number of rotatable bonds is 6. The molecule has 0 heterocycles.